The molecule has 0 unspecified atom stereocenters. The summed E-state index contributed by atoms with van der Waals surface area (Å²) in [7, 11) is 0. The summed E-state index contributed by atoms with van der Waals surface area (Å²) in [6.07, 6.45) is 1.48. The van der Waals surface area contributed by atoms with E-state index in [1.165, 1.54) is 16.4 Å². The first-order chi connectivity index (χ1) is 21.1. The van der Waals surface area contributed by atoms with Crippen LogP contribution in [0.3, 0.4) is 0 Å². The van der Waals surface area contributed by atoms with Gasteiger partial charge >= 0.3 is 0 Å². The van der Waals surface area contributed by atoms with E-state index in [-0.39, 0.29) is 23.2 Å². The number of thioether (sulfide) groups is 1. The van der Waals surface area contributed by atoms with Crippen LogP contribution in [0.15, 0.2) is 65.8 Å². The summed E-state index contributed by atoms with van der Waals surface area (Å²) in [6, 6.07) is 19.2. The summed E-state index contributed by atoms with van der Waals surface area (Å²) in [4.78, 5) is 15.1. The minimum atomic E-state index is -0.240. The van der Waals surface area contributed by atoms with Crippen LogP contribution in [0.4, 0.5) is 5.69 Å². The average Bonchev–Trinajstić information content (AvgIpc) is 3.46. The molecule has 1 saturated heterocycles. The summed E-state index contributed by atoms with van der Waals surface area (Å²) in [5.41, 5.74) is 4.13. The number of carbonyl (C=O) groups excluding carboxylic acids is 1. The van der Waals surface area contributed by atoms with E-state index >= 15 is 0 Å². The molecule has 0 saturated carbocycles. The van der Waals surface area contributed by atoms with Gasteiger partial charge in [-0.2, -0.15) is 4.68 Å². The lowest BCUT2D eigenvalue weighted by molar-refractivity contribution is -0.113. The number of aromatic nitrogens is 4. The number of rotatable bonds is 10. The summed E-state index contributed by atoms with van der Waals surface area (Å²) in [5, 5.41) is 25.9. The molecule has 0 aliphatic carbocycles. The van der Waals surface area contributed by atoms with E-state index in [0.29, 0.717) is 33.2 Å². The number of nitrogens with zero attached hydrogens (tertiary/aromatic N) is 5. The fourth-order valence-electron chi connectivity index (χ4n) is 4.86. The lowest BCUT2D eigenvalue weighted by atomic mass is 9.87. The zero-order valence-electron chi connectivity index (χ0n) is 25.0. The molecule has 2 N–H and O–H groups in total. The SMILES string of the molecule is CC(C)(C)c1ccc(-n2nnnc2SCC(=O)Nc2ccc(-c3ccc(OCCN4CCC(O)CC4)cc3)cc2Cl)c(Cl)c1. The zero-order chi connectivity index (χ0) is 31.3. The van der Waals surface area contributed by atoms with Crippen LogP contribution >= 0.6 is 35.0 Å². The lowest BCUT2D eigenvalue weighted by Crippen LogP contribution is -2.38. The van der Waals surface area contributed by atoms with Gasteiger partial charge in [-0.25, -0.2) is 0 Å². The third kappa shape index (κ3) is 8.31. The highest BCUT2D eigenvalue weighted by atomic mass is 35.5. The second kappa shape index (κ2) is 14.3. The minimum Gasteiger partial charge on any atom is -0.492 e. The number of nitrogens with one attached hydrogen (secondary N) is 1. The van der Waals surface area contributed by atoms with Gasteiger partial charge in [0, 0.05) is 19.6 Å². The van der Waals surface area contributed by atoms with Crippen molar-refractivity contribution in [2.24, 2.45) is 0 Å². The Morgan fingerprint density at radius 2 is 1.75 bits per heavy atom. The number of hydrogen-bond acceptors (Lipinski definition) is 8. The van der Waals surface area contributed by atoms with E-state index in [2.05, 4.69) is 46.5 Å². The molecule has 1 aliphatic rings. The molecule has 12 heteroatoms. The van der Waals surface area contributed by atoms with Gasteiger partial charge in [-0.3, -0.25) is 9.69 Å². The van der Waals surface area contributed by atoms with Crippen molar-refractivity contribution in [3.63, 3.8) is 0 Å². The molecule has 1 fully saturated rings. The van der Waals surface area contributed by atoms with Gasteiger partial charge < -0.3 is 15.2 Å². The molecule has 1 aliphatic heterocycles. The van der Waals surface area contributed by atoms with Crippen LogP contribution in [-0.4, -0.2) is 74.2 Å². The Labute approximate surface area is 271 Å². The van der Waals surface area contributed by atoms with E-state index in [1.54, 1.807) is 6.07 Å². The van der Waals surface area contributed by atoms with Crippen LogP contribution in [0.1, 0.15) is 39.2 Å². The molecule has 9 nitrogen and oxygen atoms in total. The van der Waals surface area contributed by atoms with Gasteiger partial charge in [0.05, 0.1) is 33.3 Å². The van der Waals surface area contributed by atoms with Crippen LogP contribution in [0.5, 0.6) is 5.75 Å². The van der Waals surface area contributed by atoms with Gasteiger partial charge in [-0.1, -0.05) is 80.0 Å². The largest absolute Gasteiger partial charge is 0.492 e. The number of piperidine rings is 1. The van der Waals surface area contributed by atoms with Crippen molar-refractivity contribution >= 4 is 46.6 Å². The molecule has 232 valence electrons. The molecule has 0 radical (unpaired) electrons. The number of anilines is 1. The maximum atomic E-state index is 12.8. The Balaban J connectivity index is 1.13. The van der Waals surface area contributed by atoms with Crippen LogP contribution in [0, 0.1) is 0 Å². The van der Waals surface area contributed by atoms with Gasteiger partial charge in [-0.15, -0.1) is 5.10 Å². The summed E-state index contributed by atoms with van der Waals surface area (Å²) in [5.74, 6) is 0.640. The molecule has 5 rings (SSSR count). The number of likely N-dealkylation sites (tertiary alicyclic amines) is 1. The zero-order valence-corrected chi connectivity index (χ0v) is 27.3. The number of hydrogen-bond donors (Lipinski definition) is 2. The number of aliphatic hydroxyl groups excluding tert-OH is 1. The molecular formula is C32H36Cl2N6O3S. The highest BCUT2D eigenvalue weighted by molar-refractivity contribution is 7.99. The molecule has 0 atom stereocenters. The topological polar surface area (TPSA) is 105 Å². The summed E-state index contributed by atoms with van der Waals surface area (Å²) < 4.78 is 7.45. The van der Waals surface area contributed by atoms with E-state index < -0.39 is 0 Å². The molecule has 0 bridgehead atoms. The molecule has 3 aromatic carbocycles. The minimum absolute atomic E-state index is 0.0443. The third-order valence-corrected chi connectivity index (χ3v) is 9.01. The maximum absolute atomic E-state index is 12.8. The molecule has 1 aromatic heterocycles. The predicted molar refractivity (Wildman–Crippen MR) is 176 cm³/mol. The predicted octanol–water partition coefficient (Wildman–Crippen LogP) is 6.50. The molecule has 0 spiro atoms. The van der Waals surface area contributed by atoms with Crippen LogP contribution in [-0.2, 0) is 10.2 Å². The second-order valence-electron chi connectivity index (χ2n) is 11.8. The fourth-order valence-corrected chi connectivity index (χ4v) is 6.03. The first kappa shape index (κ1) is 32.2. The monoisotopic (exact) mass is 654 g/mol. The smallest absolute Gasteiger partial charge is 0.234 e. The van der Waals surface area contributed by atoms with Crippen molar-refractivity contribution in [3.05, 3.63) is 76.3 Å². The quantitative estimate of drug-likeness (QED) is 0.187. The third-order valence-electron chi connectivity index (χ3n) is 7.48. The molecular weight excluding hydrogens is 619 g/mol. The first-order valence-corrected chi connectivity index (χ1v) is 16.3. The average molecular weight is 656 g/mol. The normalized spacial score (nSPS) is 14.5. The Hall–Kier alpha value is -3.15. The Kier molecular flexibility index (Phi) is 10.5. The first-order valence-electron chi connectivity index (χ1n) is 14.5. The summed E-state index contributed by atoms with van der Waals surface area (Å²) in [6.45, 7) is 9.61. The van der Waals surface area contributed by atoms with Crippen LogP contribution < -0.4 is 10.1 Å². The number of ether oxygens (including phenoxy) is 1. The van der Waals surface area contributed by atoms with Crippen LogP contribution in [0.2, 0.25) is 10.0 Å². The van der Waals surface area contributed by atoms with Gasteiger partial charge in [0.25, 0.3) is 0 Å². The number of carbonyl (C=O) groups is 1. The number of amides is 1. The number of benzene rings is 3. The molecule has 2 heterocycles. The van der Waals surface area contributed by atoms with Crippen molar-refractivity contribution in [2.45, 2.75) is 50.3 Å². The van der Waals surface area contributed by atoms with Crippen molar-refractivity contribution in [2.75, 3.05) is 37.3 Å². The van der Waals surface area contributed by atoms with Crippen molar-refractivity contribution in [3.8, 4) is 22.6 Å². The highest BCUT2D eigenvalue weighted by Gasteiger charge is 2.19. The van der Waals surface area contributed by atoms with Gasteiger partial charge in [0.15, 0.2) is 0 Å². The number of aliphatic hydroxyl groups is 1. The van der Waals surface area contributed by atoms with Gasteiger partial charge in [0.1, 0.15) is 12.4 Å². The fraction of sp³-hybridized carbons (Fsp3) is 0.375. The van der Waals surface area contributed by atoms with Gasteiger partial charge in [-0.05, 0) is 81.8 Å². The second-order valence-corrected chi connectivity index (χ2v) is 13.5. The Morgan fingerprint density at radius 3 is 2.43 bits per heavy atom. The molecule has 1 amide bonds. The van der Waals surface area contributed by atoms with Crippen molar-refractivity contribution < 1.29 is 14.6 Å². The Bertz CT molecular complexity index is 1580. The van der Waals surface area contributed by atoms with Crippen molar-refractivity contribution in [1.82, 2.24) is 25.1 Å². The highest BCUT2D eigenvalue weighted by Crippen LogP contribution is 2.32. The van der Waals surface area contributed by atoms with E-state index in [0.717, 1.165) is 54.9 Å². The van der Waals surface area contributed by atoms with Gasteiger partial charge in [0.2, 0.25) is 11.1 Å². The van der Waals surface area contributed by atoms with E-state index in [1.807, 2.05) is 54.6 Å². The number of tetrazole rings is 1. The Morgan fingerprint density at radius 1 is 1.02 bits per heavy atom. The van der Waals surface area contributed by atoms with Crippen LogP contribution in [0.25, 0.3) is 16.8 Å². The lowest BCUT2D eigenvalue weighted by Gasteiger charge is -2.29. The standard InChI is InChI=1S/C32H36Cl2N6O3S/c1-32(2,3)23-7-11-29(27(34)19-23)40-31(36-37-38-40)44-20-30(42)35-28-10-6-22(18-26(28)33)21-4-8-25(9-5-21)43-17-16-39-14-12-24(41)13-15-39/h4-11,18-19,24,41H,12-17,20H2,1-3H3,(H,35,42). The number of halogens is 2. The molecule has 4 aromatic rings. The maximum Gasteiger partial charge on any atom is 0.234 e. The van der Waals surface area contributed by atoms with E-state index in [9.17, 15) is 9.90 Å². The van der Waals surface area contributed by atoms with Crippen molar-refractivity contribution in [1.29, 1.82) is 0 Å². The van der Waals surface area contributed by atoms with E-state index in [4.69, 9.17) is 27.9 Å². The summed E-state index contributed by atoms with van der Waals surface area (Å²) >= 11 is 14.3. The molecule has 44 heavy (non-hydrogen) atoms.